The van der Waals surface area contributed by atoms with E-state index in [1.807, 2.05) is 0 Å². The van der Waals surface area contributed by atoms with Crippen molar-refractivity contribution in [3.63, 3.8) is 0 Å². The van der Waals surface area contributed by atoms with Crippen LogP contribution in [0.5, 0.6) is 0 Å². The molecular formula is C9H16O3. The van der Waals surface area contributed by atoms with E-state index >= 15 is 0 Å². The highest BCUT2D eigenvalue weighted by atomic mass is 16.4. The highest BCUT2D eigenvalue weighted by Crippen LogP contribution is 2.07. The normalized spacial score (nSPS) is 15.0. The number of hydrogen-bond acceptors (Lipinski definition) is 2. The summed E-state index contributed by atoms with van der Waals surface area (Å²) in [6, 6.07) is 0. The minimum atomic E-state index is -0.849. The van der Waals surface area contributed by atoms with E-state index in [0.717, 1.165) is 0 Å². The topological polar surface area (TPSA) is 57.5 Å². The molecule has 0 bridgehead atoms. The average molecular weight is 172 g/mol. The number of hydrogen-bond donors (Lipinski definition) is 2. The van der Waals surface area contributed by atoms with Crippen molar-refractivity contribution in [3.05, 3.63) is 12.2 Å². The SMILES string of the molecule is CC(CC=CC(C)(C)O)C(=O)O. The maximum atomic E-state index is 10.4. The van der Waals surface area contributed by atoms with Gasteiger partial charge >= 0.3 is 5.97 Å². The van der Waals surface area contributed by atoms with E-state index in [1.165, 1.54) is 0 Å². The molecule has 12 heavy (non-hydrogen) atoms. The molecule has 2 N–H and O–H groups in total. The maximum Gasteiger partial charge on any atom is 0.306 e. The van der Waals surface area contributed by atoms with Crippen molar-refractivity contribution in [2.45, 2.75) is 32.8 Å². The zero-order valence-corrected chi connectivity index (χ0v) is 7.74. The molecule has 0 aromatic rings. The molecule has 0 spiro atoms. The Balaban J connectivity index is 3.83. The van der Waals surface area contributed by atoms with Crippen molar-refractivity contribution in [2.75, 3.05) is 0 Å². The van der Waals surface area contributed by atoms with Crippen LogP contribution in [0.15, 0.2) is 12.2 Å². The van der Waals surface area contributed by atoms with E-state index in [4.69, 9.17) is 5.11 Å². The molecule has 0 aliphatic carbocycles. The van der Waals surface area contributed by atoms with Crippen molar-refractivity contribution >= 4 is 5.97 Å². The number of aliphatic carboxylic acids is 1. The van der Waals surface area contributed by atoms with E-state index in [0.29, 0.717) is 6.42 Å². The first-order valence-electron chi connectivity index (χ1n) is 3.96. The molecule has 0 aromatic heterocycles. The fourth-order valence-electron chi connectivity index (χ4n) is 0.661. The highest BCUT2D eigenvalue weighted by molar-refractivity contribution is 5.69. The van der Waals surface area contributed by atoms with Gasteiger partial charge in [-0.3, -0.25) is 4.79 Å². The van der Waals surface area contributed by atoms with E-state index in [1.54, 1.807) is 32.9 Å². The Morgan fingerprint density at radius 2 is 2.08 bits per heavy atom. The minimum absolute atomic E-state index is 0.386. The molecule has 1 unspecified atom stereocenters. The second-order valence-corrected chi connectivity index (χ2v) is 3.53. The molecule has 0 saturated heterocycles. The fraction of sp³-hybridized carbons (Fsp3) is 0.667. The summed E-state index contributed by atoms with van der Waals surface area (Å²) in [5, 5.41) is 17.7. The molecule has 0 rings (SSSR count). The summed E-state index contributed by atoms with van der Waals surface area (Å²) in [6.07, 6.45) is 3.75. The lowest BCUT2D eigenvalue weighted by Crippen LogP contribution is -2.14. The predicted molar refractivity (Wildman–Crippen MR) is 46.9 cm³/mol. The smallest absolute Gasteiger partial charge is 0.306 e. The monoisotopic (exact) mass is 172 g/mol. The van der Waals surface area contributed by atoms with Crippen LogP contribution in [0.25, 0.3) is 0 Å². The van der Waals surface area contributed by atoms with Crippen molar-refractivity contribution in [1.82, 2.24) is 0 Å². The summed E-state index contributed by atoms with van der Waals surface area (Å²) in [6.45, 7) is 4.93. The van der Waals surface area contributed by atoms with Crippen LogP contribution < -0.4 is 0 Å². The summed E-state index contributed by atoms with van der Waals surface area (Å²) in [4.78, 5) is 10.4. The van der Waals surface area contributed by atoms with Crippen LogP contribution in [-0.2, 0) is 4.79 Å². The van der Waals surface area contributed by atoms with Crippen LogP contribution in [0.2, 0.25) is 0 Å². The molecule has 0 radical (unpaired) electrons. The van der Waals surface area contributed by atoms with Crippen molar-refractivity contribution in [3.8, 4) is 0 Å². The number of rotatable bonds is 4. The minimum Gasteiger partial charge on any atom is -0.481 e. The van der Waals surface area contributed by atoms with Gasteiger partial charge in [0.15, 0.2) is 0 Å². The second-order valence-electron chi connectivity index (χ2n) is 3.53. The molecule has 70 valence electrons. The van der Waals surface area contributed by atoms with Gasteiger partial charge in [-0.25, -0.2) is 0 Å². The van der Waals surface area contributed by atoms with E-state index < -0.39 is 11.6 Å². The van der Waals surface area contributed by atoms with Crippen LogP contribution in [0.4, 0.5) is 0 Å². The zero-order chi connectivity index (χ0) is 9.78. The molecule has 0 aliphatic heterocycles. The summed E-state index contributed by atoms with van der Waals surface area (Å²) < 4.78 is 0. The first-order chi connectivity index (χ1) is 5.33. The predicted octanol–water partition coefficient (Wildman–Crippen LogP) is 1.42. The lowest BCUT2D eigenvalue weighted by molar-refractivity contribution is -0.140. The van der Waals surface area contributed by atoms with Gasteiger partial charge in [-0.15, -0.1) is 0 Å². The number of carboxylic acids is 1. The standard InChI is InChI=1S/C9H16O3/c1-7(8(10)11)5-4-6-9(2,3)12/h4,6-7,12H,5H2,1-3H3,(H,10,11). The molecule has 0 aromatic carbocycles. The molecule has 0 saturated carbocycles. The summed E-state index contributed by atoms with van der Waals surface area (Å²) in [7, 11) is 0. The summed E-state index contributed by atoms with van der Waals surface area (Å²) in [5.41, 5.74) is -0.849. The maximum absolute atomic E-state index is 10.4. The molecule has 0 aliphatic rings. The molecule has 0 fully saturated rings. The summed E-state index contributed by atoms with van der Waals surface area (Å²) >= 11 is 0. The molecule has 0 amide bonds. The molecule has 1 atom stereocenters. The lowest BCUT2D eigenvalue weighted by atomic mass is 10.0. The van der Waals surface area contributed by atoms with E-state index in [9.17, 15) is 9.90 Å². The van der Waals surface area contributed by atoms with Crippen LogP contribution in [0, 0.1) is 5.92 Å². The van der Waals surface area contributed by atoms with E-state index in [-0.39, 0.29) is 5.92 Å². The fourth-order valence-corrected chi connectivity index (χ4v) is 0.661. The third-order valence-electron chi connectivity index (χ3n) is 1.44. The highest BCUT2D eigenvalue weighted by Gasteiger charge is 2.10. The van der Waals surface area contributed by atoms with Gasteiger partial charge in [-0.1, -0.05) is 19.1 Å². The Hall–Kier alpha value is -0.830. The first-order valence-corrected chi connectivity index (χ1v) is 3.96. The Kier molecular flexibility index (Phi) is 3.96. The first kappa shape index (κ1) is 11.2. The van der Waals surface area contributed by atoms with Gasteiger partial charge < -0.3 is 10.2 Å². The third-order valence-corrected chi connectivity index (χ3v) is 1.44. The van der Waals surface area contributed by atoms with Crippen LogP contribution >= 0.6 is 0 Å². The third kappa shape index (κ3) is 5.92. The van der Waals surface area contributed by atoms with Gasteiger partial charge in [-0.2, -0.15) is 0 Å². The number of allylic oxidation sites excluding steroid dienone is 1. The Labute approximate surface area is 72.7 Å². The number of carbonyl (C=O) groups is 1. The number of carboxylic acid groups (broad SMARTS) is 1. The molecule has 3 heteroatoms. The average Bonchev–Trinajstić information content (AvgIpc) is 1.84. The van der Waals surface area contributed by atoms with Crippen LogP contribution in [-0.4, -0.2) is 21.8 Å². The van der Waals surface area contributed by atoms with Crippen molar-refractivity contribution in [1.29, 1.82) is 0 Å². The number of aliphatic hydroxyl groups is 1. The zero-order valence-electron chi connectivity index (χ0n) is 7.74. The van der Waals surface area contributed by atoms with Crippen molar-refractivity contribution in [2.24, 2.45) is 5.92 Å². The van der Waals surface area contributed by atoms with Gasteiger partial charge in [0, 0.05) is 0 Å². The van der Waals surface area contributed by atoms with Gasteiger partial charge in [-0.05, 0) is 20.3 Å². The second kappa shape index (κ2) is 4.26. The largest absolute Gasteiger partial charge is 0.481 e. The van der Waals surface area contributed by atoms with Gasteiger partial charge in [0.25, 0.3) is 0 Å². The molecule has 0 heterocycles. The quantitative estimate of drug-likeness (QED) is 0.630. The van der Waals surface area contributed by atoms with E-state index in [2.05, 4.69) is 0 Å². The molecular weight excluding hydrogens is 156 g/mol. The van der Waals surface area contributed by atoms with Crippen molar-refractivity contribution < 1.29 is 15.0 Å². The Morgan fingerprint density at radius 3 is 2.42 bits per heavy atom. The Morgan fingerprint density at radius 1 is 1.58 bits per heavy atom. The van der Waals surface area contributed by atoms with Gasteiger partial charge in [0.05, 0.1) is 11.5 Å². The lowest BCUT2D eigenvalue weighted by Gasteiger charge is -2.10. The van der Waals surface area contributed by atoms with Crippen LogP contribution in [0.3, 0.4) is 0 Å². The van der Waals surface area contributed by atoms with Crippen LogP contribution in [0.1, 0.15) is 27.2 Å². The summed E-state index contributed by atoms with van der Waals surface area (Å²) in [5.74, 6) is -1.20. The Bertz CT molecular complexity index is 177. The van der Waals surface area contributed by atoms with Gasteiger partial charge in [0.1, 0.15) is 0 Å². The molecule has 3 nitrogen and oxygen atoms in total. The van der Waals surface area contributed by atoms with Gasteiger partial charge in [0.2, 0.25) is 0 Å².